The second-order valence-electron chi connectivity index (χ2n) is 6.83. The number of halogens is 1. The first kappa shape index (κ1) is 16.2. The normalized spacial score (nSPS) is 21.4. The fourth-order valence-electron chi connectivity index (χ4n) is 3.72. The molecule has 0 unspecified atom stereocenters. The van der Waals surface area contributed by atoms with Crippen molar-refractivity contribution in [2.45, 2.75) is 44.7 Å². The average molecular weight is 320 g/mol. The summed E-state index contributed by atoms with van der Waals surface area (Å²) in [4.78, 5) is 16.0. The second kappa shape index (κ2) is 7.30. The van der Waals surface area contributed by atoms with Gasteiger partial charge >= 0.3 is 0 Å². The molecule has 2 aliphatic rings. The highest BCUT2D eigenvalue weighted by molar-refractivity contribution is 5.80. The van der Waals surface area contributed by atoms with E-state index >= 15 is 0 Å². The van der Waals surface area contributed by atoms with Gasteiger partial charge in [-0.3, -0.25) is 4.79 Å². The molecule has 0 aromatic heterocycles. The third-order valence-corrected chi connectivity index (χ3v) is 5.30. The quantitative estimate of drug-likeness (QED) is 0.868. The van der Waals surface area contributed by atoms with Crippen molar-refractivity contribution in [1.29, 1.82) is 0 Å². The Hall–Kier alpha value is -1.62. The molecule has 5 heteroatoms. The molecule has 4 nitrogen and oxygen atoms in total. The molecule has 1 saturated carbocycles. The number of quaternary nitrogens is 1. The van der Waals surface area contributed by atoms with Crippen LogP contribution in [0.5, 0.6) is 0 Å². The molecule has 1 amide bonds. The summed E-state index contributed by atoms with van der Waals surface area (Å²) in [7, 11) is 0. The van der Waals surface area contributed by atoms with Gasteiger partial charge in [-0.25, -0.2) is 4.39 Å². The molecule has 0 spiro atoms. The van der Waals surface area contributed by atoms with Gasteiger partial charge in [-0.05, 0) is 44.0 Å². The predicted octanol–water partition coefficient (Wildman–Crippen LogP) is 0.978. The van der Waals surface area contributed by atoms with E-state index in [0.717, 1.165) is 44.7 Å². The zero-order valence-corrected chi connectivity index (χ0v) is 13.9. The number of rotatable bonds is 4. The molecule has 1 heterocycles. The Morgan fingerprint density at radius 3 is 2.43 bits per heavy atom. The predicted molar refractivity (Wildman–Crippen MR) is 89.2 cm³/mol. The van der Waals surface area contributed by atoms with Gasteiger partial charge in [-0.15, -0.1) is 0 Å². The van der Waals surface area contributed by atoms with Gasteiger partial charge in [0, 0.05) is 11.7 Å². The average Bonchev–Trinajstić information content (AvgIpc) is 3.08. The monoisotopic (exact) mass is 320 g/mol. The first-order valence-electron chi connectivity index (χ1n) is 8.79. The van der Waals surface area contributed by atoms with E-state index in [1.54, 1.807) is 0 Å². The lowest BCUT2D eigenvalue weighted by molar-refractivity contribution is -0.914. The van der Waals surface area contributed by atoms with Crippen molar-refractivity contribution in [3.05, 3.63) is 30.1 Å². The maximum absolute atomic E-state index is 13.0. The molecule has 0 bridgehead atoms. The van der Waals surface area contributed by atoms with Gasteiger partial charge in [-0.2, -0.15) is 0 Å². The van der Waals surface area contributed by atoms with E-state index in [1.807, 2.05) is 19.1 Å². The van der Waals surface area contributed by atoms with Crippen LogP contribution in [0.1, 0.15) is 32.6 Å². The third-order valence-electron chi connectivity index (χ3n) is 5.30. The molecular weight excluding hydrogens is 293 g/mol. The summed E-state index contributed by atoms with van der Waals surface area (Å²) in [5.41, 5.74) is 1.06. The number of piperazine rings is 1. The summed E-state index contributed by atoms with van der Waals surface area (Å²) in [5.74, 6) is -0.00245. The van der Waals surface area contributed by atoms with Gasteiger partial charge in [0.15, 0.2) is 6.04 Å². The lowest BCUT2D eigenvalue weighted by atomic mass is 10.1. The topological polar surface area (TPSA) is 36.8 Å². The van der Waals surface area contributed by atoms with Gasteiger partial charge in [0.25, 0.3) is 5.91 Å². The number of carbonyl (C=O) groups is 1. The molecule has 23 heavy (non-hydrogen) atoms. The smallest absolute Gasteiger partial charge is 0.278 e. The van der Waals surface area contributed by atoms with Crippen molar-refractivity contribution < 1.29 is 14.1 Å². The second-order valence-corrected chi connectivity index (χ2v) is 6.83. The van der Waals surface area contributed by atoms with E-state index in [0.29, 0.717) is 6.04 Å². The fraction of sp³-hybridized carbons (Fsp3) is 0.611. The molecule has 1 aliphatic heterocycles. The largest absolute Gasteiger partial charge is 0.360 e. The lowest BCUT2D eigenvalue weighted by Crippen LogP contribution is -3.19. The van der Waals surface area contributed by atoms with Crippen molar-refractivity contribution in [2.75, 3.05) is 31.1 Å². The van der Waals surface area contributed by atoms with Gasteiger partial charge in [0.1, 0.15) is 5.82 Å². The van der Waals surface area contributed by atoms with Crippen LogP contribution < -0.4 is 15.1 Å². The van der Waals surface area contributed by atoms with Crippen LogP contribution in [-0.4, -0.2) is 44.2 Å². The molecular formula is C18H27FN3O+. The third kappa shape index (κ3) is 4.02. The van der Waals surface area contributed by atoms with Crippen LogP contribution in [0.3, 0.4) is 0 Å². The van der Waals surface area contributed by atoms with Gasteiger partial charge < -0.3 is 15.1 Å². The minimum Gasteiger partial charge on any atom is -0.360 e. The molecule has 3 rings (SSSR count). The van der Waals surface area contributed by atoms with Crippen LogP contribution >= 0.6 is 0 Å². The van der Waals surface area contributed by atoms with Crippen LogP contribution in [0.25, 0.3) is 0 Å². The van der Waals surface area contributed by atoms with Crippen molar-refractivity contribution in [1.82, 2.24) is 5.32 Å². The molecule has 1 aliphatic carbocycles. The molecule has 0 radical (unpaired) electrons. The maximum atomic E-state index is 13.0. The van der Waals surface area contributed by atoms with Crippen LogP contribution in [0.15, 0.2) is 24.3 Å². The summed E-state index contributed by atoms with van der Waals surface area (Å²) >= 11 is 0. The number of carbonyl (C=O) groups excluding carboxylic acids is 1. The molecule has 2 fully saturated rings. The lowest BCUT2D eigenvalue weighted by Gasteiger charge is -2.36. The van der Waals surface area contributed by atoms with Crippen LogP contribution in [0, 0.1) is 5.82 Å². The molecule has 1 aromatic carbocycles. The van der Waals surface area contributed by atoms with E-state index in [1.165, 1.54) is 29.9 Å². The van der Waals surface area contributed by atoms with Crippen molar-refractivity contribution in [2.24, 2.45) is 0 Å². The number of nitrogens with zero attached hydrogens (tertiary/aromatic N) is 1. The summed E-state index contributed by atoms with van der Waals surface area (Å²) < 4.78 is 13.0. The standard InChI is InChI=1S/C18H26FN3O/c1-14(18(23)20-16-4-2-3-5-16)21-10-12-22(13-11-21)17-8-6-15(19)7-9-17/h6-9,14,16H,2-5,10-13H2,1H3,(H,20,23)/p+1/t14-/m1/s1. The van der Waals surface area contributed by atoms with Crippen molar-refractivity contribution in [3.63, 3.8) is 0 Å². The number of benzene rings is 1. The first-order chi connectivity index (χ1) is 11.1. The summed E-state index contributed by atoms with van der Waals surface area (Å²) in [6, 6.07) is 7.07. The molecule has 126 valence electrons. The highest BCUT2D eigenvalue weighted by Crippen LogP contribution is 2.17. The molecule has 1 atom stereocenters. The van der Waals surface area contributed by atoms with E-state index in [-0.39, 0.29) is 17.8 Å². The molecule has 2 N–H and O–H groups in total. The van der Waals surface area contributed by atoms with Crippen LogP contribution in [0.2, 0.25) is 0 Å². The van der Waals surface area contributed by atoms with Gasteiger partial charge in [0.05, 0.1) is 26.2 Å². The number of amides is 1. The minimum absolute atomic E-state index is 0.00553. The van der Waals surface area contributed by atoms with E-state index < -0.39 is 0 Å². The van der Waals surface area contributed by atoms with Crippen molar-refractivity contribution >= 4 is 11.6 Å². The van der Waals surface area contributed by atoms with Crippen LogP contribution in [-0.2, 0) is 4.79 Å². The zero-order valence-electron chi connectivity index (χ0n) is 13.9. The maximum Gasteiger partial charge on any atom is 0.278 e. The Kier molecular flexibility index (Phi) is 5.16. The van der Waals surface area contributed by atoms with Gasteiger partial charge in [-0.1, -0.05) is 12.8 Å². The Morgan fingerprint density at radius 1 is 1.22 bits per heavy atom. The summed E-state index contributed by atoms with van der Waals surface area (Å²) in [6.45, 7) is 5.73. The zero-order chi connectivity index (χ0) is 16.2. The van der Waals surface area contributed by atoms with Crippen LogP contribution in [0.4, 0.5) is 10.1 Å². The molecule has 1 aromatic rings. The van der Waals surface area contributed by atoms with E-state index in [2.05, 4.69) is 10.2 Å². The highest BCUT2D eigenvalue weighted by Gasteiger charge is 2.30. The SMILES string of the molecule is C[C@H](C(=O)NC1CCCC1)[NH+]1CCN(c2ccc(F)cc2)CC1. The number of nitrogens with one attached hydrogen (secondary N) is 2. The summed E-state index contributed by atoms with van der Waals surface area (Å²) in [5, 5.41) is 3.21. The Bertz CT molecular complexity index is 520. The Morgan fingerprint density at radius 2 is 1.83 bits per heavy atom. The number of anilines is 1. The first-order valence-corrected chi connectivity index (χ1v) is 8.79. The number of hydrogen-bond acceptors (Lipinski definition) is 2. The fourth-order valence-corrected chi connectivity index (χ4v) is 3.72. The van der Waals surface area contributed by atoms with Crippen molar-refractivity contribution in [3.8, 4) is 0 Å². The van der Waals surface area contributed by atoms with E-state index in [9.17, 15) is 9.18 Å². The number of hydrogen-bond donors (Lipinski definition) is 2. The Balaban J connectivity index is 1.49. The molecule has 1 saturated heterocycles. The van der Waals surface area contributed by atoms with E-state index in [4.69, 9.17) is 0 Å². The summed E-state index contributed by atoms with van der Waals surface area (Å²) in [6.07, 6.45) is 4.74. The minimum atomic E-state index is -0.199. The van der Waals surface area contributed by atoms with Gasteiger partial charge in [0.2, 0.25) is 0 Å². The highest BCUT2D eigenvalue weighted by atomic mass is 19.1. The Labute approximate surface area is 137 Å².